The number of hydrogen-bond donors (Lipinski definition) is 1. The van der Waals surface area contributed by atoms with E-state index in [4.69, 9.17) is 5.73 Å². The van der Waals surface area contributed by atoms with Crippen molar-refractivity contribution in [2.75, 3.05) is 0 Å². The van der Waals surface area contributed by atoms with E-state index in [1.165, 1.54) is 44.9 Å². The molecule has 0 aromatic carbocycles. The Bertz CT molecular complexity index is 326. The molecular formula is C17H29N. The fourth-order valence-corrected chi connectivity index (χ4v) is 6.95. The molecule has 5 rings (SSSR count). The van der Waals surface area contributed by atoms with Crippen LogP contribution in [0, 0.1) is 28.6 Å². The summed E-state index contributed by atoms with van der Waals surface area (Å²) in [5.41, 5.74) is 7.74. The predicted octanol–water partition coefficient (Wildman–Crippen LogP) is 4.11. The molecule has 3 atom stereocenters. The van der Waals surface area contributed by atoms with E-state index in [9.17, 15) is 0 Å². The van der Waals surface area contributed by atoms with Gasteiger partial charge in [-0.05, 0) is 86.9 Å². The van der Waals surface area contributed by atoms with Crippen molar-refractivity contribution in [1.29, 1.82) is 0 Å². The van der Waals surface area contributed by atoms with E-state index in [0.29, 0.717) is 11.5 Å². The average Bonchev–Trinajstić information content (AvgIpc) is 2.80. The highest BCUT2D eigenvalue weighted by molar-refractivity contribution is 5.11. The second kappa shape index (κ2) is 3.75. The maximum Gasteiger partial charge on any atom is 0.00674 e. The Morgan fingerprint density at radius 3 is 2.17 bits per heavy atom. The lowest BCUT2D eigenvalue weighted by Gasteiger charge is -2.65. The summed E-state index contributed by atoms with van der Waals surface area (Å²) in [5.74, 6) is 3.15. The Morgan fingerprint density at radius 2 is 1.61 bits per heavy atom. The summed E-state index contributed by atoms with van der Waals surface area (Å²) in [6, 6.07) is 0.434. The normalized spacial score (nSPS) is 53.0. The van der Waals surface area contributed by atoms with Crippen LogP contribution in [-0.4, -0.2) is 6.04 Å². The molecule has 0 aliphatic heterocycles. The van der Waals surface area contributed by atoms with Crippen molar-refractivity contribution in [2.45, 2.75) is 77.2 Å². The lowest BCUT2D eigenvalue weighted by Crippen LogP contribution is -2.59. The molecule has 0 radical (unpaired) electrons. The predicted molar refractivity (Wildman–Crippen MR) is 75.2 cm³/mol. The zero-order valence-corrected chi connectivity index (χ0v) is 12.0. The molecule has 1 heteroatoms. The summed E-state index contributed by atoms with van der Waals surface area (Å²) >= 11 is 0. The minimum absolute atomic E-state index is 0.434. The van der Waals surface area contributed by atoms with Crippen LogP contribution in [0.15, 0.2) is 0 Å². The smallest absolute Gasteiger partial charge is 0.00674 e. The van der Waals surface area contributed by atoms with Crippen LogP contribution in [0.1, 0.15) is 71.1 Å². The number of hydrogen-bond acceptors (Lipinski definition) is 1. The molecule has 5 fully saturated rings. The van der Waals surface area contributed by atoms with Crippen LogP contribution in [0.5, 0.6) is 0 Å². The van der Waals surface area contributed by atoms with Crippen molar-refractivity contribution in [2.24, 2.45) is 34.3 Å². The molecule has 18 heavy (non-hydrogen) atoms. The quantitative estimate of drug-likeness (QED) is 0.781. The highest BCUT2D eigenvalue weighted by Crippen LogP contribution is 2.69. The van der Waals surface area contributed by atoms with Gasteiger partial charge in [-0.2, -0.15) is 0 Å². The number of rotatable bonds is 2. The Hall–Kier alpha value is -0.0400. The first kappa shape index (κ1) is 11.8. The maximum atomic E-state index is 6.45. The number of nitrogens with two attached hydrogens (primary N) is 1. The molecule has 5 saturated carbocycles. The molecular weight excluding hydrogens is 218 g/mol. The summed E-state index contributed by atoms with van der Waals surface area (Å²) in [5, 5.41) is 0. The molecule has 0 aromatic heterocycles. The lowest BCUT2D eigenvalue weighted by molar-refractivity contribution is -0.142. The standard InChI is InChI=1S/C17H29N/c1-12(18)16-7-13-6-14(8-16)10-17(9-13,11-16)15-4-2-3-5-15/h12-15H,2-11,18H2,1H3. The first-order chi connectivity index (χ1) is 8.62. The molecule has 0 saturated heterocycles. The Balaban J connectivity index is 1.69. The van der Waals surface area contributed by atoms with Crippen molar-refractivity contribution in [3.63, 3.8) is 0 Å². The molecule has 2 N–H and O–H groups in total. The summed E-state index contributed by atoms with van der Waals surface area (Å²) in [6.07, 6.45) is 15.2. The van der Waals surface area contributed by atoms with E-state index < -0.39 is 0 Å². The van der Waals surface area contributed by atoms with Crippen molar-refractivity contribution in [1.82, 2.24) is 0 Å². The van der Waals surface area contributed by atoms with Crippen LogP contribution < -0.4 is 5.73 Å². The third-order valence-electron chi connectivity index (χ3n) is 7.34. The van der Waals surface area contributed by atoms with Crippen LogP contribution in [0.3, 0.4) is 0 Å². The Morgan fingerprint density at radius 1 is 1.00 bits per heavy atom. The van der Waals surface area contributed by atoms with Gasteiger partial charge in [0.2, 0.25) is 0 Å². The van der Waals surface area contributed by atoms with Gasteiger partial charge in [-0.3, -0.25) is 0 Å². The van der Waals surface area contributed by atoms with Gasteiger partial charge in [0.15, 0.2) is 0 Å². The third kappa shape index (κ3) is 1.49. The van der Waals surface area contributed by atoms with Gasteiger partial charge < -0.3 is 5.73 Å². The highest BCUT2D eigenvalue weighted by Gasteiger charge is 2.60. The average molecular weight is 247 g/mol. The van der Waals surface area contributed by atoms with Crippen LogP contribution in [-0.2, 0) is 0 Å². The monoisotopic (exact) mass is 247 g/mol. The van der Waals surface area contributed by atoms with Crippen molar-refractivity contribution >= 4 is 0 Å². The lowest BCUT2D eigenvalue weighted by atomic mass is 9.40. The molecule has 4 bridgehead atoms. The van der Waals surface area contributed by atoms with Gasteiger partial charge in [0, 0.05) is 6.04 Å². The van der Waals surface area contributed by atoms with E-state index in [1.54, 1.807) is 19.3 Å². The zero-order valence-electron chi connectivity index (χ0n) is 12.0. The van der Waals surface area contributed by atoms with Crippen LogP contribution >= 0.6 is 0 Å². The SMILES string of the molecule is CC(N)C12CC3CC(C1)CC(C1CCCC1)(C3)C2. The van der Waals surface area contributed by atoms with Crippen molar-refractivity contribution in [3.05, 3.63) is 0 Å². The van der Waals surface area contributed by atoms with Gasteiger partial charge in [0.1, 0.15) is 0 Å². The molecule has 5 aliphatic carbocycles. The van der Waals surface area contributed by atoms with Gasteiger partial charge in [-0.15, -0.1) is 0 Å². The maximum absolute atomic E-state index is 6.45. The largest absolute Gasteiger partial charge is 0.327 e. The van der Waals surface area contributed by atoms with E-state index in [2.05, 4.69) is 6.92 Å². The molecule has 0 amide bonds. The molecule has 1 nitrogen and oxygen atoms in total. The molecule has 102 valence electrons. The fourth-order valence-electron chi connectivity index (χ4n) is 6.95. The zero-order chi connectivity index (χ0) is 12.4. The minimum Gasteiger partial charge on any atom is -0.327 e. The summed E-state index contributed by atoms with van der Waals surface area (Å²) in [6.45, 7) is 2.30. The van der Waals surface area contributed by atoms with Gasteiger partial charge in [-0.25, -0.2) is 0 Å². The van der Waals surface area contributed by atoms with Crippen molar-refractivity contribution in [3.8, 4) is 0 Å². The highest BCUT2D eigenvalue weighted by atomic mass is 14.7. The van der Waals surface area contributed by atoms with Gasteiger partial charge in [0.05, 0.1) is 0 Å². The summed E-state index contributed by atoms with van der Waals surface area (Å²) in [4.78, 5) is 0. The van der Waals surface area contributed by atoms with Gasteiger partial charge in [-0.1, -0.05) is 12.8 Å². The Kier molecular flexibility index (Phi) is 2.45. The molecule has 0 aromatic rings. The topological polar surface area (TPSA) is 26.0 Å². The summed E-state index contributed by atoms with van der Waals surface area (Å²) in [7, 11) is 0. The van der Waals surface area contributed by atoms with Gasteiger partial charge in [0.25, 0.3) is 0 Å². The molecule has 5 aliphatic rings. The molecule has 3 unspecified atom stereocenters. The molecule has 0 spiro atoms. The van der Waals surface area contributed by atoms with E-state index in [1.807, 2.05) is 0 Å². The van der Waals surface area contributed by atoms with Gasteiger partial charge >= 0.3 is 0 Å². The third-order valence-corrected chi connectivity index (χ3v) is 7.34. The van der Waals surface area contributed by atoms with E-state index >= 15 is 0 Å². The van der Waals surface area contributed by atoms with Crippen LogP contribution in [0.25, 0.3) is 0 Å². The minimum atomic E-state index is 0.434. The van der Waals surface area contributed by atoms with Crippen LogP contribution in [0.4, 0.5) is 0 Å². The summed E-state index contributed by atoms with van der Waals surface area (Å²) < 4.78 is 0. The second-order valence-electron chi connectivity index (χ2n) is 8.46. The fraction of sp³-hybridized carbons (Fsp3) is 1.00. The Labute approximate surface area is 112 Å². The molecule has 0 heterocycles. The van der Waals surface area contributed by atoms with E-state index in [0.717, 1.165) is 23.2 Å². The first-order valence-corrected chi connectivity index (χ1v) is 8.38. The second-order valence-corrected chi connectivity index (χ2v) is 8.46. The van der Waals surface area contributed by atoms with Crippen molar-refractivity contribution < 1.29 is 0 Å². The first-order valence-electron chi connectivity index (χ1n) is 8.38. The van der Waals surface area contributed by atoms with E-state index in [-0.39, 0.29) is 0 Å². The van der Waals surface area contributed by atoms with Crippen LogP contribution in [0.2, 0.25) is 0 Å².